The third-order valence-electron chi connectivity index (χ3n) is 4.41. The Morgan fingerprint density at radius 3 is 1.62 bits per heavy atom. The highest BCUT2D eigenvalue weighted by atomic mass is 32.2. The van der Waals surface area contributed by atoms with E-state index in [1.807, 2.05) is 18.2 Å². The van der Waals surface area contributed by atoms with Gasteiger partial charge in [0.2, 0.25) is 0 Å². The van der Waals surface area contributed by atoms with Gasteiger partial charge >= 0.3 is 0 Å². The Morgan fingerprint density at radius 2 is 1.26 bits per heavy atom. The van der Waals surface area contributed by atoms with Crippen molar-refractivity contribution in [2.45, 2.75) is 17.9 Å². The number of nitrogens with two attached hydrogens (primary N) is 1. The van der Waals surface area contributed by atoms with Crippen molar-refractivity contribution in [1.29, 1.82) is 0 Å². The molecule has 0 aliphatic carbocycles. The summed E-state index contributed by atoms with van der Waals surface area (Å²) in [6, 6.07) is 22.7. The second-order valence-corrected chi connectivity index (χ2v) is 8.66. The zero-order valence-corrected chi connectivity index (χ0v) is 19.9. The molecule has 10 heteroatoms. The summed E-state index contributed by atoms with van der Waals surface area (Å²) in [5.41, 5.74) is 12.4. The number of hydrogen-bond acceptors (Lipinski definition) is 8. The second kappa shape index (κ2) is 14.2. The molecule has 0 spiro atoms. The van der Waals surface area contributed by atoms with Crippen molar-refractivity contribution >= 4 is 27.2 Å². The van der Waals surface area contributed by atoms with Gasteiger partial charge in [0.05, 0.1) is 42.7 Å². The van der Waals surface area contributed by atoms with Gasteiger partial charge in [-0.1, -0.05) is 30.3 Å². The van der Waals surface area contributed by atoms with Crippen LogP contribution in [0.5, 0.6) is 0 Å². The number of ether oxygens (including phenoxy) is 2. The zero-order valence-electron chi connectivity index (χ0n) is 19.0. The number of benzene rings is 3. The molecule has 34 heavy (non-hydrogen) atoms. The van der Waals surface area contributed by atoms with Gasteiger partial charge in [-0.3, -0.25) is 0 Å². The number of nitrogen functional groups attached to an aromatic ring is 1. The Labute approximate surface area is 200 Å². The molecule has 1 fully saturated rings. The Balaban J connectivity index is 0.000000223. The van der Waals surface area contributed by atoms with Crippen molar-refractivity contribution < 1.29 is 28.2 Å². The molecular weight excluding hydrogens is 456 g/mol. The lowest BCUT2D eigenvalue weighted by Gasteiger charge is -2.09. The average molecular weight is 487 g/mol. The average Bonchev–Trinajstić information content (AvgIpc) is 2.86. The predicted octanol–water partition coefficient (Wildman–Crippen LogP) is 3.61. The number of azo groups is 1. The van der Waals surface area contributed by atoms with Crippen LogP contribution in [0.2, 0.25) is 0 Å². The summed E-state index contributed by atoms with van der Waals surface area (Å²) in [7, 11) is -4.43. The fourth-order valence-electron chi connectivity index (χ4n) is 2.56. The summed E-state index contributed by atoms with van der Waals surface area (Å²) in [6.45, 7) is 5.20. The molecule has 1 atom stereocenters. The molecule has 182 valence electrons. The number of anilines is 1. The first-order chi connectivity index (χ1) is 16.3. The lowest BCUT2D eigenvalue weighted by molar-refractivity contribution is -0.420. The van der Waals surface area contributed by atoms with Gasteiger partial charge in [-0.2, -0.15) is 10.2 Å². The van der Waals surface area contributed by atoms with E-state index in [2.05, 4.69) is 35.0 Å². The summed E-state index contributed by atoms with van der Waals surface area (Å²) >= 11 is 0. The van der Waals surface area contributed by atoms with Crippen LogP contribution in [0.25, 0.3) is 0 Å². The SMILES string of the molecule is C1COCCO1.C[C@@H]([NH3+])c1ccccc1.Nc1ccc(N=Nc2ccc(S(=O)(=O)[O-])cc2)cc1. The van der Waals surface area contributed by atoms with Gasteiger partial charge in [-0.05, 0) is 55.5 Å². The fourth-order valence-corrected chi connectivity index (χ4v) is 3.03. The van der Waals surface area contributed by atoms with Crippen LogP contribution in [0.15, 0.2) is 94.0 Å². The van der Waals surface area contributed by atoms with Gasteiger partial charge in [0, 0.05) is 11.3 Å². The molecule has 1 aliphatic rings. The Hall–Kier alpha value is -3.15. The van der Waals surface area contributed by atoms with Gasteiger partial charge < -0.3 is 25.5 Å². The third-order valence-corrected chi connectivity index (χ3v) is 5.26. The molecule has 0 radical (unpaired) electrons. The molecule has 3 aromatic rings. The smallest absolute Gasteiger partial charge is 0.124 e. The Bertz CT molecular complexity index is 1090. The first-order valence-electron chi connectivity index (χ1n) is 10.6. The van der Waals surface area contributed by atoms with Gasteiger partial charge in [0.25, 0.3) is 0 Å². The van der Waals surface area contributed by atoms with E-state index in [1.54, 1.807) is 24.3 Å². The van der Waals surface area contributed by atoms with Crippen molar-refractivity contribution in [3.8, 4) is 0 Å². The molecule has 0 unspecified atom stereocenters. The van der Waals surface area contributed by atoms with Gasteiger partial charge in [-0.25, -0.2) is 8.42 Å². The van der Waals surface area contributed by atoms with Crippen LogP contribution in [0.3, 0.4) is 0 Å². The van der Waals surface area contributed by atoms with Crippen LogP contribution in [0.4, 0.5) is 17.1 Å². The Morgan fingerprint density at radius 1 is 0.824 bits per heavy atom. The van der Waals surface area contributed by atoms with Crippen LogP contribution >= 0.6 is 0 Å². The molecule has 9 nitrogen and oxygen atoms in total. The van der Waals surface area contributed by atoms with Crippen molar-refractivity contribution in [3.63, 3.8) is 0 Å². The minimum absolute atomic E-state index is 0.293. The minimum Gasteiger partial charge on any atom is -0.744 e. The monoisotopic (exact) mass is 486 g/mol. The first kappa shape index (κ1) is 27.1. The molecule has 0 amide bonds. The molecule has 3 aromatic carbocycles. The maximum absolute atomic E-state index is 10.7. The number of rotatable bonds is 4. The maximum atomic E-state index is 10.7. The van der Waals surface area contributed by atoms with Gasteiger partial charge in [0.15, 0.2) is 0 Å². The van der Waals surface area contributed by atoms with E-state index < -0.39 is 10.1 Å². The quantitative estimate of drug-likeness (QED) is 0.326. The van der Waals surface area contributed by atoms with E-state index >= 15 is 0 Å². The molecule has 0 saturated carbocycles. The second-order valence-electron chi connectivity index (χ2n) is 7.28. The molecule has 0 aromatic heterocycles. The maximum Gasteiger partial charge on any atom is 0.124 e. The standard InChI is InChI=1S/C12H11N3O3S.C8H11N.C4H8O2/c13-9-1-3-10(4-2-9)14-15-11-5-7-12(8-6-11)19(16,17)18;1-7(9)8-5-3-2-4-6-8;1-2-6-4-3-5-1/h1-8H,13H2,(H,16,17,18);2-7H,9H2,1H3;1-4H2/t;7-;/m.1./s1. The largest absolute Gasteiger partial charge is 0.744 e. The topological polar surface area (TPSA) is 154 Å². The lowest BCUT2D eigenvalue weighted by Crippen LogP contribution is -2.51. The highest BCUT2D eigenvalue weighted by Gasteiger charge is 2.00. The fraction of sp³-hybridized carbons (Fsp3) is 0.250. The highest BCUT2D eigenvalue weighted by Crippen LogP contribution is 2.20. The van der Waals surface area contributed by atoms with Crippen LogP contribution in [0.1, 0.15) is 18.5 Å². The zero-order chi connectivity index (χ0) is 24.8. The molecule has 1 heterocycles. The van der Waals surface area contributed by atoms with Gasteiger partial charge in [-0.15, -0.1) is 0 Å². The summed E-state index contributed by atoms with van der Waals surface area (Å²) in [5.74, 6) is 0. The lowest BCUT2D eigenvalue weighted by atomic mass is 10.1. The van der Waals surface area contributed by atoms with Crippen LogP contribution in [-0.2, 0) is 19.6 Å². The number of quaternary nitrogens is 1. The van der Waals surface area contributed by atoms with Crippen LogP contribution in [-0.4, -0.2) is 39.4 Å². The summed E-state index contributed by atoms with van der Waals surface area (Å²) in [4.78, 5) is -0.293. The minimum atomic E-state index is -4.43. The molecule has 5 N–H and O–H groups in total. The van der Waals surface area contributed by atoms with Crippen molar-refractivity contribution in [1.82, 2.24) is 0 Å². The summed E-state index contributed by atoms with van der Waals surface area (Å²) in [5, 5.41) is 7.87. The van der Waals surface area contributed by atoms with E-state index in [0.717, 1.165) is 26.4 Å². The number of hydrogen-bond donors (Lipinski definition) is 2. The van der Waals surface area contributed by atoms with E-state index in [9.17, 15) is 13.0 Å². The van der Waals surface area contributed by atoms with Crippen molar-refractivity contribution in [3.05, 3.63) is 84.4 Å². The predicted molar refractivity (Wildman–Crippen MR) is 129 cm³/mol. The van der Waals surface area contributed by atoms with Crippen molar-refractivity contribution in [2.75, 3.05) is 32.2 Å². The molecule has 1 saturated heterocycles. The highest BCUT2D eigenvalue weighted by molar-refractivity contribution is 7.85. The molecule has 1 aliphatic heterocycles. The van der Waals surface area contributed by atoms with Gasteiger partial charge in [0.1, 0.15) is 16.2 Å². The molecule has 0 bridgehead atoms. The molecule has 4 rings (SSSR count). The van der Waals surface area contributed by atoms with Crippen LogP contribution < -0.4 is 11.5 Å². The van der Waals surface area contributed by atoms with Crippen LogP contribution in [0, 0.1) is 0 Å². The summed E-state index contributed by atoms with van der Waals surface area (Å²) in [6.07, 6.45) is 0. The molecular formula is C24H30N4O5S. The normalized spacial score (nSPS) is 14.3. The third kappa shape index (κ3) is 10.6. The van der Waals surface area contributed by atoms with E-state index in [-0.39, 0.29) is 4.90 Å². The van der Waals surface area contributed by atoms with E-state index in [4.69, 9.17) is 15.2 Å². The Kier molecular flexibility index (Phi) is 11.3. The van der Waals surface area contributed by atoms with Crippen molar-refractivity contribution in [2.24, 2.45) is 10.2 Å². The van der Waals surface area contributed by atoms with E-state index in [1.165, 1.54) is 29.8 Å². The summed E-state index contributed by atoms with van der Waals surface area (Å²) < 4.78 is 42.1. The first-order valence-corrected chi connectivity index (χ1v) is 12.0. The number of nitrogens with zero attached hydrogens (tertiary/aromatic N) is 2. The van der Waals surface area contributed by atoms with E-state index in [0.29, 0.717) is 23.1 Å².